The van der Waals surface area contributed by atoms with Crippen LogP contribution in [0, 0.1) is 0 Å². The molecule has 1 aliphatic carbocycles. The van der Waals surface area contributed by atoms with Crippen LogP contribution in [-0.4, -0.2) is 29.7 Å². The molecule has 2 N–H and O–H groups in total. The largest absolute Gasteiger partial charge is 0.329 e. The maximum Gasteiger partial charge on any atom is 0.329 e. The van der Waals surface area contributed by atoms with Crippen molar-refractivity contribution >= 4 is 11.3 Å². The van der Waals surface area contributed by atoms with Gasteiger partial charge in [0.1, 0.15) is 0 Å². The Morgan fingerprint density at radius 2 is 1.74 bits per heavy atom. The molecule has 0 bridgehead atoms. The topological polar surface area (TPSA) is 92.2 Å². The first-order chi connectivity index (χ1) is 13.3. The van der Waals surface area contributed by atoms with Gasteiger partial charge in [-0.1, -0.05) is 43.5 Å². The highest BCUT2D eigenvalue weighted by atomic mass is 16.1. The van der Waals surface area contributed by atoms with E-state index in [1.54, 1.807) is 12.4 Å². The summed E-state index contributed by atoms with van der Waals surface area (Å²) in [6.45, 7) is 0. The van der Waals surface area contributed by atoms with Gasteiger partial charge in [-0.2, -0.15) is 5.10 Å². The number of H-pyrrole nitrogens is 2. The summed E-state index contributed by atoms with van der Waals surface area (Å²) in [6.07, 6.45) is 11.0. The molecule has 0 atom stereocenters. The van der Waals surface area contributed by atoms with E-state index in [0.29, 0.717) is 11.3 Å². The number of nitrogens with one attached hydrogen (secondary N) is 2. The molecule has 7 nitrogen and oxygen atoms in total. The van der Waals surface area contributed by atoms with Crippen molar-refractivity contribution < 1.29 is 0 Å². The number of rotatable bonds is 3. The van der Waals surface area contributed by atoms with Crippen LogP contribution >= 0.6 is 0 Å². The Labute approximate surface area is 155 Å². The van der Waals surface area contributed by atoms with Crippen LogP contribution in [0.5, 0.6) is 0 Å². The Balaban J connectivity index is 1.55. The van der Waals surface area contributed by atoms with Crippen LogP contribution in [0.4, 0.5) is 0 Å². The first-order valence-corrected chi connectivity index (χ1v) is 9.36. The number of nitrogens with zero attached hydrogens (tertiary/aromatic N) is 4. The van der Waals surface area contributed by atoms with Crippen molar-refractivity contribution in [1.82, 2.24) is 29.7 Å². The van der Waals surface area contributed by atoms with E-state index in [4.69, 9.17) is 4.98 Å². The predicted octanol–water partition coefficient (Wildman–Crippen LogP) is 3.68. The fourth-order valence-corrected chi connectivity index (χ4v) is 3.95. The lowest BCUT2D eigenvalue weighted by Gasteiger charge is -2.22. The highest BCUT2D eigenvalue weighted by Gasteiger charge is 2.21. The van der Waals surface area contributed by atoms with Crippen molar-refractivity contribution in [3.8, 4) is 22.4 Å². The van der Waals surface area contributed by atoms with Gasteiger partial charge in [0, 0.05) is 23.4 Å². The fourth-order valence-electron chi connectivity index (χ4n) is 3.95. The number of aromatic nitrogens is 6. The van der Waals surface area contributed by atoms with Gasteiger partial charge in [-0.15, -0.1) is 0 Å². The van der Waals surface area contributed by atoms with Gasteiger partial charge in [0.25, 0.3) is 0 Å². The number of hydrogen-bond donors (Lipinski definition) is 2. The van der Waals surface area contributed by atoms with Gasteiger partial charge in [0.05, 0.1) is 18.1 Å². The molecule has 7 heteroatoms. The van der Waals surface area contributed by atoms with Crippen molar-refractivity contribution in [2.24, 2.45) is 0 Å². The summed E-state index contributed by atoms with van der Waals surface area (Å²) in [6, 6.07) is 8.34. The third-order valence-corrected chi connectivity index (χ3v) is 5.38. The molecule has 1 fully saturated rings. The molecule has 5 rings (SSSR count). The summed E-state index contributed by atoms with van der Waals surface area (Å²) >= 11 is 0. The normalized spacial score (nSPS) is 15.4. The van der Waals surface area contributed by atoms with Crippen LogP contribution in [-0.2, 0) is 0 Å². The number of fused-ring (bicyclic) bond motifs is 1. The van der Waals surface area contributed by atoms with Gasteiger partial charge >= 0.3 is 5.69 Å². The fraction of sp³-hybridized carbons (Fsp3) is 0.300. The van der Waals surface area contributed by atoms with Crippen LogP contribution in [0.15, 0.2) is 47.7 Å². The second-order valence-electron chi connectivity index (χ2n) is 7.08. The molecular weight excluding hydrogens is 340 g/mol. The van der Waals surface area contributed by atoms with E-state index in [9.17, 15) is 4.79 Å². The molecule has 4 aromatic rings. The average Bonchev–Trinajstić information content (AvgIpc) is 3.35. The van der Waals surface area contributed by atoms with Gasteiger partial charge in [0.2, 0.25) is 0 Å². The van der Waals surface area contributed by atoms with Crippen molar-refractivity contribution in [3.63, 3.8) is 0 Å². The van der Waals surface area contributed by atoms with Gasteiger partial charge in [-0.05, 0) is 18.4 Å². The van der Waals surface area contributed by atoms with Crippen molar-refractivity contribution in [1.29, 1.82) is 0 Å². The minimum Gasteiger partial charge on any atom is -0.289 e. The SMILES string of the molecule is O=c1[nH]c2ncc(-c3ccc(-c4cn[nH]c4)cc3)nc2n1C1CCCCC1. The number of hydrogen-bond acceptors (Lipinski definition) is 4. The third-order valence-electron chi connectivity index (χ3n) is 5.38. The Kier molecular flexibility index (Phi) is 3.85. The maximum absolute atomic E-state index is 12.5. The van der Waals surface area contributed by atoms with Crippen LogP contribution in [0.25, 0.3) is 33.7 Å². The molecule has 1 aliphatic rings. The molecule has 0 amide bonds. The van der Waals surface area contributed by atoms with E-state index in [1.807, 2.05) is 35.0 Å². The number of benzene rings is 1. The van der Waals surface area contributed by atoms with Crippen LogP contribution in [0.3, 0.4) is 0 Å². The summed E-state index contributed by atoms with van der Waals surface area (Å²) in [5, 5.41) is 6.81. The minimum absolute atomic E-state index is 0.107. The molecule has 3 heterocycles. The highest BCUT2D eigenvalue weighted by Crippen LogP contribution is 2.29. The highest BCUT2D eigenvalue weighted by molar-refractivity contribution is 5.72. The third kappa shape index (κ3) is 2.85. The molecule has 0 radical (unpaired) electrons. The molecule has 136 valence electrons. The van der Waals surface area contributed by atoms with Crippen LogP contribution in [0.1, 0.15) is 38.1 Å². The van der Waals surface area contributed by atoms with E-state index in [-0.39, 0.29) is 11.7 Å². The van der Waals surface area contributed by atoms with Gasteiger partial charge in [-0.25, -0.2) is 14.8 Å². The quantitative estimate of drug-likeness (QED) is 0.583. The Hall–Kier alpha value is -3.22. The van der Waals surface area contributed by atoms with Crippen LogP contribution in [0.2, 0.25) is 0 Å². The lowest BCUT2D eigenvalue weighted by Crippen LogP contribution is -2.24. The Morgan fingerprint density at radius 1 is 0.963 bits per heavy atom. The summed E-state index contributed by atoms with van der Waals surface area (Å²) < 4.78 is 1.81. The lowest BCUT2D eigenvalue weighted by atomic mass is 9.95. The Bertz CT molecular complexity index is 1120. The summed E-state index contributed by atoms with van der Waals surface area (Å²) in [4.78, 5) is 24.6. The second-order valence-corrected chi connectivity index (χ2v) is 7.08. The molecule has 0 unspecified atom stereocenters. The zero-order chi connectivity index (χ0) is 18.2. The van der Waals surface area contributed by atoms with E-state index >= 15 is 0 Å². The van der Waals surface area contributed by atoms with E-state index in [2.05, 4.69) is 20.2 Å². The number of imidazole rings is 1. The maximum atomic E-state index is 12.5. The van der Waals surface area contributed by atoms with E-state index < -0.39 is 0 Å². The van der Waals surface area contributed by atoms with E-state index in [1.165, 1.54) is 6.42 Å². The average molecular weight is 360 g/mol. The molecular formula is C20H20N6O. The number of aromatic amines is 2. The summed E-state index contributed by atoms with van der Waals surface area (Å²) in [5.74, 6) is 0. The van der Waals surface area contributed by atoms with Crippen molar-refractivity contribution in [2.45, 2.75) is 38.1 Å². The standard InChI is InChI=1S/C20H20N6O/c27-20-25-18-19(26(20)16-4-2-1-3-5-16)24-17(12-21-18)14-8-6-13(7-9-14)15-10-22-23-11-15/h6-12,16H,1-5H2,(H,22,23)(H,21,25,27). The lowest BCUT2D eigenvalue weighted by molar-refractivity contribution is 0.352. The molecule has 0 aliphatic heterocycles. The zero-order valence-corrected chi connectivity index (χ0v) is 14.9. The first kappa shape index (κ1) is 16.0. The van der Waals surface area contributed by atoms with E-state index in [0.717, 1.165) is 48.1 Å². The molecule has 1 saturated carbocycles. The van der Waals surface area contributed by atoms with Crippen molar-refractivity contribution in [3.05, 3.63) is 53.3 Å². The van der Waals surface area contributed by atoms with Gasteiger partial charge < -0.3 is 0 Å². The van der Waals surface area contributed by atoms with Crippen LogP contribution < -0.4 is 5.69 Å². The van der Waals surface area contributed by atoms with Gasteiger partial charge in [0.15, 0.2) is 11.3 Å². The molecule has 3 aromatic heterocycles. The summed E-state index contributed by atoms with van der Waals surface area (Å²) in [5.41, 5.74) is 4.98. The molecule has 27 heavy (non-hydrogen) atoms. The molecule has 0 saturated heterocycles. The van der Waals surface area contributed by atoms with Crippen molar-refractivity contribution in [2.75, 3.05) is 0 Å². The Morgan fingerprint density at radius 3 is 2.48 bits per heavy atom. The smallest absolute Gasteiger partial charge is 0.289 e. The first-order valence-electron chi connectivity index (χ1n) is 9.36. The molecule has 1 aromatic carbocycles. The molecule has 0 spiro atoms. The predicted molar refractivity (Wildman–Crippen MR) is 103 cm³/mol. The minimum atomic E-state index is -0.107. The van der Waals surface area contributed by atoms with Gasteiger partial charge in [-0.3, -0.25) is 14.6 Å². The second kappa shape index (κ2) is 6.50. The summed E-state index contributed by atoms with van der Waals surface area (Å²) in [7, 11) is 0. The zero-order valence-electron chi connectivity index (χ0n) is 14.9. The monoisotopic (exact) mass is 360 g/mol.